The fraction of sp³-hybridized carbons (Fsp3) is 0.476. The van der Waals surface area contributed by atoms with Crippen LogP contribution in [-0.2, 0) is 4.74 Å². The summed E-state index contributed by atoms with van der Waals surface area (Å²) in [5.74, 6) is 1.61. The molecule has 1 N–H and O–H groups in total. The molecule has 0 amide bonds. The molecule has 0 aliphatic carbocycles. The first-order chi connectivity index (χ1) is 14.1. The Morgan fingerprint density at radius 3 is 2.79 bits per heavy atom. The number of halogens is 1. The highest BCUT2D eigenvalue weighted by molar-refractivity contribution is 5.62. The minimum atomic E-state index is -0.271. The Balaban J connectivity index is 1.43. The van der Waals surface area contributed by atoms with E-state index in [-0.39, 0.29) is 5.82 Å². The second-order valence-corrected chi connectivity index (χ2v) is 7.56. The number of hydrogen-bond donors (Lipinski definition) is 1. The van der Waals surface area contributed by atoms with Crippen molar-refractivity contribution >= 4 is 23.1 Å². The summed E-state index contributed by atoms with van der Waals surface area (Å²) in [5.41, 5.74) is 2.21. The molecule has 2 saturated heterocycles. The quantitative estimate of drug-likeness (QED) is 0.803. The van der Waals surface area contributed by atoms with Crippen LogP contribution >= 0.6 is 0 Å². The molecule has 0 spiro atoms. The molecule has 0 saturated carbocycles. The zero-order valence-electron chi connectivity index (χ0n) is 16.6. The van der Waals surface area contributed by atoms with Crippen molar-refractivity contribution in [2.24, 2.45) is 5.92 Å². The van der Waals surface area contributed by atoms with E-state index < -0.39 is 0 Å². The van der Waals surface area contributed by atoms with Crippen molar-refractivity contribution in [1.82, 2.24) is 9.97 Å². The number of aromatic nitrogens is 2. The van der Waals surface area contributed by atoms with E-state index >= 15 is 0 Å². The van der Waals surface area contributed by atoms with Crippen LogP contribution in [0.5, 0.6) is 0 Å². The maximum absolute atomic E-state index is 14.6. The molecular formula is C21H25FN6O. The van der Waals surface area contributed by atoms with E-state index in [1.54, 1.807) is 12.3 Å². The van der Waals surface area contributed by atoms with Gasteiger partial charge in [-0.15, -0.1) is 0 Å². The summed E-state index contributed by atoms with van der Waals surface area (Å²) < 4.78 is 20.0. The number of nitrogens with one attached hydrogen (secondary N) is 1. The van der Waals surface area contributed by atoms with Crippen LogP contribution in [0.3, 0.4) is 0 Å². The number of nitriles is 1. The Hall–Kier alpha value is -2.92. The average Bonchev–Trinajstić information content (AvgIpc) is 2.70. The van der Waals surface area contributed by atoms with Crippen LogP contribution in [0.4, 0.5) is 27.5 Å². The van der Waals surface area contributed by atoms with Gasteiger partial charge >= 0.3 is 0 Å². The fourth-order valence-electron chi connectivity index (χ4n) is 3.78. The lowest BCUT2D eigenvalue weighted by Gasteiger charge is -2.40. The summed E-state index contributed by atoms with van der Waals surface area (Å²) in [6.45, 7) is 6.42. The van der Waals surface area contributed by atoms with Crippen LogP contribution in [0.1, 0.15) is 18.4 Å². The topological polar surface area (TPSA) is 77.3 Å². The lowest BCUT2D eigenvalue weighted by atomic mass is 9.95. The van der Waals surface area contributed by atoms with Gasteiger partial charge in [-0.1, -0.05) is 0 Å². The van der Waals surface area contributed by atoms with E-state index in [1.807, 2.05) is 17.9 Å². The predicted molar refractivity (Wildman–Crippen MR) is 110 cm³/mol. The highest BCUT2D eigenvalue weighted by Gasteiger charge is 2.28. The molecule has 29 heavy (non-hydrogen) atoms. The second-order valence-electron chi connectivity index (χ2n) is 7.56. The van der Waals surface area contributed by atoms with Crippen LogP contribution in [0, 0.1) is 30.0 Å². The molecule has 4 rings (SSSR count). The summed E-state index contributed by atoms with van der Waals surface area (Å²) in [7, 11) is 0. The maximum atomic E-state index is 14.6. The first kappa shape index (κ1) is 19.4. The van der Waals surface area contributed by atoms with Crippen molar-refractivity contribution in [3.63, 3.8) is 0 Å². The van der Waals surface area contributed by atoms with Gasteiger partial charge in [-0.3, -0.25) is 0 Å². The van der Waals surface area contributed by atoms with Crippen molar-refractivity contribution in [2.75, 3.05) is 54.5 Å². The van der Waals surface area contributed by atoms with Crippen molar-refractivity contribution in [1.29, 1.82) is 5.26 Å². The Bertz CT molecular complexity index is 903. The van der Waals surface area contributed by atoms with Gasteiger partial charge in [-0.2, -0.15) is 10.2 Å². The molecule has 0 unspecified atom stereocenters. The van der Waals surface area contributed by atoms with Gasteiger partial charge in [0.15, 0.2) is 0 Å². The fourth-order valence-corrected chi connectivity index (χ4v) is 3.78. The lowest BCUT2D eigenvalue weighted by Crippen LogP contribution is -2.47. The van der Waals surface area contributed by atoms with E-state index in [0.717, 1.165) is 30.9 Å². The number of rotatable bonds is 6. The zero-order chi connectivity index (χ0) is 20.2. The largest absolute Gasteiger partial charge is 0.378 e. The molecular weight excluding hydrogens is 371 g/mol. The molecule has 0 atom stereocenters. The molecule has 1 aromatic carbocycles. The van der Waals surface area contributed by atoms with Gasteiger partial charge in [-0.05, 0) is 37.5 Å². The lowest BCUT2D eigenvalue weighted by molar-refractivity contribution is 0.122. The first-order valence-corrected chi connectivity index (χ1v) is 9.99. The third-order valence-corrected chi connectivity index (χ3v) is 5.42. The third kappa shape index (κ3) is 4.40. The molecule has 1 aromatic heterocycles. The van der Waals surface area contributed by atoms with Crippen molar-refractivity contribution < 1.29 is 9.13 Å². The molecule has 2 fully saturated rings. The normalized spacial score (nSPS) is 17.0. The minimum Gasteiger partial charge on any atom is -0.378 e. The standard InChI is InChI=1S/C21H25FN6O/c1-15-12-24-21(26-20(15)28-13-16(14-28)3-2-6-23)25-17-4-5-19(18(22)11-17)27-7-9-29-10-8-27/h4-5,11-12,16H,2-3,7-10,13-14H2,1H3,(H,24,25,26). The Morgan fingerprint density at radius 2 is 2.07 bits per heavy atom. The van der Waals surface area contributed by atoms with E-state index in [4.69, 9.17) is 10.00 Å². The monoisotopic (exact) mass is 396 g/mol. The smallest absolute Gasteiger partial charge is 0.229 e. The van der Waals surface area contributed by atoms with Crippen LogP contribution < -0.4 is 15.1 Å². The summed E-state index contributed by atoms with van der Waals surface area (Å²) in [5, 5.41) is 11.8. The van der Waals surface area contributed by atoms with Gasteiger partial charge in [0, 0.05) is 50.0 Å². The van der Waals surface area contributed by atoms with Gasteiger partial charge in [0.05, 0.1) is 25.0 Å². The number of benzene rings is 1. The molecule has 7 nitrogen and oxygen atoms in total. The average molecular weight is 396 g/mol. The Morgan fingerprint density at radius 1 is 1.28 bits per heavy atom. The number of aryl methyl sites for hydroxylation is 1. The van der Waals surface area contributed by atoms with Crippen LogP contribution in [0.15, 0.2) is 24.4 Å². The minimum absolute atomic E-state index is 0.271. The van der Waals surface area contributed by atoms with Crippen molar-refractivity contribution in [3.05, 3.63) is 35.8 Å². The van der Waals surface area contributed by atoms with E-state index in [0.29, 0.717) is 56.0 Å². The van der Waals surface area contributed by atoms with E-state index in [2.05, 4.69) is 26.3 Å². The SMILES string of the molecule is Cc1cnc(Nc2ccc(N3CCOCC3)c(F)c2)nc1N1CC(CCC#N)C1. The summed E-state index contributed by atoms with van der Waals surface area (Å²) in [6.07, 6.45) is 3.31. The Kier molecular flexibility index (Phi) is 5.76. The maximum Gasteiger partial charge on any atom is 0.229 e. The number of hydrogen-bond acceptors (Lipinski definition) is 7. The van der Waals surface area contributed by atoms with E-state index in [1.165, 1.54) is 6.07 Å². The molecule has 2 aliphatic heterocycles. The van der Waals surface area contributed by atoms with Crippen molar-refractivity contribution in [2.45, 2.75) is 19.8 Å². The summed E-state index contributed by atoms with van der Waals surface area (Å²) in [6, 6.07) is 7.32. The number of anilines is 4. The highest BCUT2D eigenvalue weighted by atomic mass is 19.1. The third-order valence-electron chi connectivity index (χ3n) is 5.42. The molecule has 2 aromatic rings. The number of nitrogens with zero attached hydrogens (tertiary/aromatic N) is 5. The molecule has 8 heteroatoms. The van der Waals surface area contributed by atoms with Gasteiger partial charge in [0.25, 0.3) is 0 Å². The zero-order valence-corrected chi connectivity index (χ0v) is 16.6. The summed E-state index contributed by atoms with van der Waals surface area (Å²) in [4.78, 5) is 13.2. The molecule has 0 bridgehead atoms. The van der Waals surface area contributed by atoms with E-state index in [9.17, 15) is 4.39 Å². The van der Waals surface area contributed by atoms with Crippen LogP contribution in [-0.4, -0.2) is 49.4 Å². The van der Waals surface area contributed by atoms with Crippen LogP contribution in [0.25, 0.3) is 0 Å². The molecule has 0 radical (unpaired) electrons. The van der Waals surface area contributed by atoms with Crippen LogP contribution in [0.2, 0.25) is 0 Å². The predicted octanol–water partition coefficient (Wildman–Crippen LogP) is 3.24. The van der Waals surface area contributed by atoms with Gasteiger partial charge < -0.3 is 19.9 Å². The number of morpholine rings is 1. The molecule has 2 aliphatic rings. The van der Waals surface area contributed by atoms with Gasteiger partial charge in [0.1, 0.15) is 11.6 Å². The van der Waals surface area contributed by atoms with Gasteiger partial charge in [0.2, 0.25) is 5.95 Å². The van der Waals surface area contributed by atoms with Crippen molar-refractivity contribution in [3.8, 4) is 6.07 Å². The van der Waals surface area contributed by atoms with Gasteiger partial charge in [-0.25, -0.2) is 9.37 Å². The summed E-state index contributed by atoms with van der Waals surface area (Å²) >= 11 is 0. The number of ether oxygens (including phenoxy) is 1. The molecule has 3 heterocycles. The first-order valence-electron chi connectivity index (χ1n) is 9.99. The molecule has 152 valence electrons. The highest BCUT2D eigenvalue weighted by Crippen LogP contribution is 2.30. The second kappa shape index (κ2) is 8.62. The Labute approximate surface area is 170 Å².